The smallest absolute Gasteiger partial charge is 0.414 e. The van der Waals surface area contributed by atoms with Gasteiger partial charge in [0, 0.05) is 16.7 Å². The van der Waals surface area contributed by atoms with Gasteiger partial charge in [-0.15, -0.1) is 0 Å². The molecule has 130 valence electrons. The number of nitrogens with zero attached hydrogens (tertiary/aromatic N) is 1. The Morgan fingerprint density at radius 3 is 2.25 bits per heavy atom. The molecule has 0 radical (unpaired) electrons. The molecule has 1 aliphatic heterocycles. The number of aromatic carboxylic acids is 1. The van der Waals surface area contributed by atoms with Gasteiger partial charge in [-0.1, -0.05) is 12.1 Å². The summed E-state index contributed by atoms with van der Waals surface area (Å²) >= 11 is 3.58. The van der Waals surface area contributed by atoms with Crippen LogP contribution in [0.2, 0.25) is 0 Å². The summed E-state index contributed by atoms with van der Waals surface area (Å²) in [7, 11) is 0. The second-order valence-corrected chi connectivity index (χ2v) is 7.53. The molecule has 0 saturated carbocycles. The molecular formula is C18H22BrNO4. The van der Waals surface area contributed by atoms with Crippen molar-refractivity contribution in [2.45, 2.75) is 45.6 Å². The van der Waals surface area contributed by atoms with E-state index in [1.165, 1.54) is 0 Å². The highest BCUT2D eigenvalue weighted by Gasteiger charge is 2.28. The summed E-state index contributed by atoms with van der Waals surface area (Å²) < 4.78 is 6.29. The fraction of sp³-hybridized carbons (Fsp3) is 0.444. The van der Waals surface area contributed by atoms with Crippen LogP contribution in [0, 0.1) is 0 Å². The van der Waals surface area contributed by atoms with Gasteiger partial charge in [0.15, 0.2) is 0 Å². The van der Waals surface area contributed by atoms with E-state index in [2.05, 4.69) is 15.9 Å². The predicted octanol–water partition coefficient (Wildman–Crippen LogP) is 4.87. The third-order valence-corrected chi connectivity index (χ3v) is 4.54. The van der Waals surface area contributed by atoms with Gasteiger partial charge >= 0.3 is 12.1 Å². The fourth-order valence-corrected chi connectivity index (χ4v) is 3.18. The highest BCUT2D eigenvalue weighted by atomic mass is 79.9. The van der Waals surface area contributed by atoms with Crippen molar-refractivity contribution in [2.24, 2.45) is 0 Å². The zero-order valence-electron chi connectivity index (χ0n) is 14.1. The van der Waals surface area contributed by atoms with Crippen LogP contribution in [0.1, 0.15) is 56.0 Å². The molecular weight excluding hydrogens is 374 g/mol. The second kappa shape index (κ2) is 7.38. The Hall–Kier alpha value is -1.82. The molecule has 1 heterocycles. The quantitative estimate of drug-likeness (QED) is 0.775. The first-order valence-corrected chi connectivity index (χ1v) is 8.71. The van der Waals surface area contributed by atoms with Crippen LogP contribution in [0.4, 0.5) is 4.79 Å². The number of carboxylic acids is 1. The Labute approximate surface area is 150 Å². The first-order chi connectivity index (χ1) is 11.2. The molecule has 1 aromatic rings. The number of piperidine rings is 1. The lowest BCUT2D eigenvalue weighted by molar-refractivity contribution is 0.0288. The van der Waals surface area contributed by atoms with Crippen LogP contribution >= 0.6 is 15.9 Å². The normalized spacial score (nSPS) is 17.4. The molecule has 6 heteroatoms. The summed E-state index contributed by atoms with van der Waals surface area (Å²) in [6, 6.07) is 6.59. The van der Waals surface area contributed by atoms with E-state index >= 15 is 0 Å². The summed E-state index contributed by atoms with van der Waals surface area (Å²) in [5.41, 5.74) is 1.40. The van der Waals surface area contributed by atoms with Crippen LogP contribution in [0.3, 0.4) is 0 Å². The number of rotatable bonds is 2. The average Bonchev–Trinajstić information content (AvgIpc) is 2.52. The monoisotopic (exact) mass is 395 g/mol. The number of carboxylic acid groups (broad SMARTS) is 1. The minimum absolute atomic E-state index is 0.233. The van der Waals surface area contributed by atoms with Gasteiger partial charge in [-0.2, -0.15) is 0 Å². The van der Waals surface area contributed by atoms with E-state index in [1.807, 2.05) is 20.8 Å². The van der Waals surface area contributed by atoms with Gasteiger partial charge in [0.2, 0.25) is 0 Å². The van der Waals surface area contributed by atoms with Crippen LogP contribution < -0.4 is 0 Å². The van der Waals surface area contributed by atoms with Gasteiger partial charge in [-0.25, -0.2) is 9.59 Å². The number of halogens is 1. The molecule has 2 rings (SSSR count). The minimum Gasteiger partial charge on any atom is -0.478 e. The van der Waals surface area contributed by atoms with E-state index < -0.39 is 11.6 Å². The molecule has 1 saturated heterocycles. The first kappa shape index (κ1) is 18.5. The Morgan fingerprint density at radius 2 is 1.71 bits per heavy atom. The van der Waals surface area contributed by atoms with E-state index in [-0.39, 0.29) is 11.7 Å². The number of hydrogen-bond acceptors (Lipinski definition) is 3. The number of carbonyl (C=O) groups is 2. The number of amides is 1. The van der Waals surface area contributed by atoms with E-state index in [4.69, 9.17) is 9.84 Å². The van der Waals surface area contributed by atoms with Crippen molar-refractivity contribution in [1.82, 2.24) is 4.90 Å². The van der Waals surface area contributed by atoms with Crippen LogP contribution in [0.5, 0.6) is 0 Å². The molecule has 0 aromatic heterocycles. The van der Waals surface area contributed by atoms with Gasteiger partial charge in [-0.3, -0.25) is 4.90 Å². The Balaban J connectivity index is 2.31. The van der Waals surface area contributed by atoms with E-state index in [9.17, 15) is 9.59 Å². The van der Waals surface area contributed by atoms with Crippen LogP contribution in [-0.4, -0.2) is 34.2 Å². The molecule has 0 aliphatic carbocycles. The average molecular weight is 396 g/mol. The molecule has 1 aromatic carbocycles. The molecule has 1 aliphatic rings. The van der Waals surface area contributed by atoms with Crippen LogP contribution in [-0.2, 0) is 4.74 Å². The SMILES string of the molecule is CC(C)(C)OC(=O)N1CCCC/C1=C(/Br)c1ccc(C(=O)O)cc1. The molecule has 1 N–H and O–H groups in total. The molecule has 1 amide bonds. The number of hydrogen-bond donors (Lipinski definition) is 1. The lowest BCUT2D eigenvalue weighted by Gasteiger charge is -2.33. The van der Waals surface area contributed by atoms with E-state index in [0.717, 1.165) is 35.0 Å². The Morgan fingerprint density at radius 1 is 1.12 bits per heavy atom. The summed E-state index contributed by atoms with van der Waals surface area (Å²) in [5, 5.41) is 8.99. The van der Waals surface area contributed by atoms with Crippen molar-refractivity contribution in [2.75, 3.05) is 6.54 Å². The number of likely N-dealkylation sites (tertiary alicyclic amines) is 1. The zero-order chi connectivity index (χ0) is 17.9. The third kappa shape index (κ3) is 4.60. The number of ether oxygens (including phenoxy) is 1. The molecule has 0 spiro atoms. The first-order valence-electron chi connectivity index (χ1n) is 7.92. The Bertz CT molecular complexity index is 659. The van der Waals surface area contributed by atoms with Gasteiger partial charge < -0.3 is 9.84 Å². The largest absolute Gasteiger partial charge is 0.478 e. The fourth-order valence-electron chi connectivity index (χ4n) is 2.50. The highest BCUT2D eigenvalue weighted by Crippen LogP contribution is 2.34. The highest BCUT2D eigenvalue weighted by molar-refractivity contribution is 9.15. The third-order valence-electron chi connectivity index (χ3n) is 3.62. The van der Waals surface area contributed by atoms with Gasteiger partial charge in [0.1, 0.15) is 5.60 Å². The summed E-state index contributed by atoms with van der Waals surface area (Å²) in [5.74, 6) is -0.960. The maximum absolute atomic E-state index is 12.5. The van der Waals surface area contributed by atoms with Gasteiger partial charge in [-0.05, 0) is 73.7 Å². The minimum atomic E-state index is -0.960. The molecule has 0 unspecified atom stereocenters. The van der Waals surface area contributed by atoms with Crippen molar-refractivity contribution < 1.29 is 19.4 Å². The predicted molar refractivity (Wildman–Crippen MR) is 96.0 cm³/mol. The lowest BCUT2D eigenvalue weighted by atomic mass is 10.0. The maximum Gasteiger partial charge on any atom is 0.414 e. The molecule has 1 fully saturated rings. The molecule has 0 bridgehead atoms. The van der Waals surface area contributed by atoms with Gasteiger partial charge in [0.05, 0.1) is 5.56 Å². The topological polar surface area (TPSA) is 66.8 Å². The van der Waals surface area contributed by atoms with Crippen molar-refractivity contribution in [1.29, 1.82) is 0 Å². The van der Waals surface area contributed by atoms with Crippen molar-refractivity contribution >= 4 is 32.5 Å². The van der Waals surface area contributed by atoms with E-state index in [0.29, 0.717) is 6.54 Å². The summed E-state index contributed by atoms with van der Waals surface area (Å²) in [6.07, 6.45) is 2.34. The van der Waals surface area contributed by atoms with Crippen LogP contribution in [0.25, 0.3) is 4.48 Å². The molecule has 5 nitrogen and oxygen atoms in total. The van der Waals surface area contributed by atoms with Crippen LogP contribution in [0.15, 0.2) is 30.0 Å². The molecule has 24 heavy (non-hydrogen) atoms. The standard InChI is InChI=1S/C18H22BrNO4/c1-18(2,3)24-17(23)20-11-5-4-6-14(20)15(19)12-7-9-13(10-8-12)16(21)22/h7-10H,4-6,11H2,1-3H3,(H,21,22)/b15-14-. The zero-order valence-corrected chi connectivity index (χ0v) is 15.7. The second-order valence-electron chi connectivity index (χ2n) is 6.73. The Kier molecular flexibility index (Phi) is 5.70. The van der Waals surface area contributed by atoms with Gasteiger partial charge in [0.25, 0.3) is 0 Å². The molecule has 0 atom stereocenters. The number of benzene rings is 1. The summed E-state index contributed by atoms with van der Waals surface area (Å²) in [4.78, 5) is 25.1. The van der Waals surface area contributed by atoms with Crippen molar-refractivity contribution in [3.63, 3.8) is 0 Å². The lowest BCUT2D eigenvalue weighted by Crippen LogP contribution is -2.38. The summed E-state index contributed by atoms with van der Waals surface area (Å²) in [6.45, 7) is 6.15. The van der Waals surface area contributed by atoms with Crippen molar-refractivity contribution in [3.8, 4) is 0 Å². The van der Waals surface area contributed by atoms with Crippen molar-refractivity contribution in [3.05, 3.63) is 41.1 Å². The number of carbonyl (C=O) groups excluding carboxylic acids is 1. The maximum atomic E-state index is 12.5. The number of allylic oxidation sites excluding steroid dienone is 1. The van der Waals surface area contributed by atoms with E-state index in [1.54, 1.807) is 29.2 Å².